The Morgan fingerprint density at radius 2 is 1.96 bits per heavy atom. The van der Waals surface area contributed by atoms with Crippen LogP contribution in [0.2, 0.25) is 5.02 Å². The summed E-state index contributed by atoms with van der Waals surface area (Å²) in [5.41, 5.74) is -0.293. The molecular formula is C14H21BrCl2N2O3S. The molecule has 9 heteroatoms. The maximum atomic E-state index is 12.4. The number of benzene rings is 1. The van der Waals surface area contributed by atoms with Gasteiger partial charge in [-0.3, -0.25) is 4.90 Å². The van der Waals surface area contributed by atoms with Crippen LogP contribution in [0.4, 0.5) is 0 Å². The van der Waals surface area contributed by atoms with E-state index in [1.165, 1.54) is 6.07 Å². The fourth-order valence-electron chi connectivity index (χ4n) is 2.32. The topological polar surface area (TPSA) is 58.6 Å². The minimum absolute atomic E-state index is 0. The van der Waals surface area contributed by atoms with E-state index in [1.54, 1.807) is 12.1 Å². The highest BCUT2D eigenvalue weighted by atomic mass is 79.9. The molecule has 0 spiro atoms. The van der Waals surface area contributed by atoms with E-state index in [-0.39, 0.29) is 27.9 Å². The zero-order valence-corrected chi connectivity index (χ0v) is 17.0. The molecule has 0 unspecified atom stereocenters. The van der Waals surface area contributed by atoms with Gasteiger partial charge in [0.25, 0.3) is 0 Å². The lowest BCUT2D eigenvalue weighted by atomic mass is 10.0. The molecule has 1 fully saturated rings. The minimum Gasteiger partial charge on any atom is -0.379 e. The molecule has 1 aliphatic heterocycles. The predicted molar refractivity (Wildman–Crippen MR) is 98.1 cm³/mol. The number of nitrogens with one attached hydrogen (secondary N) is 1. The first-order valence-corrected chi connectivity index (χ1v) is 9.65. The first-order valence-electron chi connectivity index (χ1n) is 7.00. The number of ether oxygens (including phenoxy) is 1. The largest absolute Gasteiger partial charge is 0.379 e. The van der Waals surface area contributed by atoms with E-state index in [0.29, 0.717) is 19.8 Å². The third-order valence-electron chi connectivity index (χ3n) is 3.75. The SMILES string of the molecule is CC(C)(CNS(=O)(=O)c1ccc(Br)cc1Cl)N1CCOCC1.Cl. The van der Waals surface area contributed by atoms with Crippen molar-refractivity contribution < 1.29 is 13.2 Å². The summed E-state index contributed by atoms with van der Waals surface area (Å²) in [4.78, 5) is 2.32. The van der Waals surface area contributed by atoms with Crippen LogP contribution in [0.1, 0.15) is 13.8 Å². The maximum Gasteiger partial charge on any atom is 0.242 e. The molecule has 1 aromatic carbocycles. The molecule has 2 rings (SSSR count). The second-order valence-electron chi connectivity index (χ2n) is 5.81. The van der Waals surface area contributed by atoms with Crippen molar-refractivity contribution in [3.05, 3.63) is 27.7 Å². The Balaban J connectivity index is 0.00000264. The Bertz CT molecular complexity index is 635. The number of hydrogen-bond acceptors (Lipinski definition) is 4. The maximum absolute atomic E-state index is 12.4. The molecule has 132 valence electrons. The van der Waals surface area contributed by atoms with Crippen molar-refractivity contribution in [1.82, 2.24) is 9.62 Å². The van der Waals surface area contributed by atoms with Crippen LogP contribution in [0.15, 0.2) is 27.6 Å². The van der Waals surface area contributed by atoms with Crippen LogP contribution in [0, 0.1) is 0 Å². The fraction of sp³-hybridized carbons (Fsp3) is 0.571. The van der Waals surface area contributed by atoms with E-state index in [1.807, 2.05) is 13.8 Å². The van der Waals surface area contributed by atoms with Crippen LogP contribution in [0.5, 0.6) is 0 Å². The van der Waals surface area contributed by atoms with E-state index in [9.17, 15) is 8.42 Å². The molecule has 0 radical (unpaired) electrons. The highest BCUT2D eigenvalue weighted by Crippen LogP contribution is 2.25. The summed E-state index contributed by atoms with van der Waals surface area (Å²) in [6, 6.07) is 4.73. The zero-order chi connectivity index (χ0) is 16.4. The summed E-state index contributed by atoms with van der Waals surface area (Å²) in [5.74, 6) is 0. The molecule has 5 nitrogen and oxygen atoms in total. The smallest absolute Gasteiger partial charge is 0.242 e. The number of nitrogens with zero attached hydrogens (tertiary/aromatic N) is 1. The second kappa shape index (κ2) is 8.47. The van der Waals surface area contributed by atoms with Gasteiger partial charge < -0.3 is 4.74 Å². The number of halogens is 3. The van der Waals surface area contributed by atoms with Gasteiger partial charge in [-0.1, -0.05) is 27.5 Å². The number of sulfonamides is 1. The molecule has 1 aliphatic rings. The van der Waals surface area contributed by atoms with Crippen LogP contribution < -0.4 is 4.72 Å². The van der Waals surface area contributed by atoms with E-state index >= 15 is 0 Å². The number of rotatable bonds is 5. The average Bonchev–Trinajstić information content (AvgIpc) is 2.46. The van der Waals surface area contributed by atoms with Crippen molar-refractivity contribution in [2.45, 2.75) is 24.3 Å². The molecule has 0 aliphatic carbocycles. The van der Waals surface area contributed by atoms with Crippen molar-refractivity contribution in [3.8, 4) is 0 Å². The lowest BCUT2D eigenvalue weighted by Gasteiger charge is -2.40. The average molecular weight is 448 g/mol. The Labute approximate surface area is 157 Å². The van der Waals surface area contributed by atoms with Gasteiger partial charge in [0.2, 0.25) is 10.0 Å². The van der Waals surface area contributed by atoms with Crippen molar-refractivity contribution in [2.24, 2.45) is 0 Å². The summed E-state index contributed by atoms with van der Waals surface area (Å²) < 4.78 is 33.6. The van der Waals surface area contributed by atoms with Crippen LogP contribution in [0.25, 0.3) is 0 Å². The predicted octanol–water partition coefficient (Wildman–Crippen LogP) is 2.91. The van der Waals surface area contributed by atoms with Gasteiger partial charge in [0.15, 0.2) is 0 Å². The summed E-state index contributed by atoms with van der Waals surface area (Å²) in [5, 5.41) is 0.200. The van der Waals surface area contributed by atoms with Crippen molar-refractivity contribution >= 4 is 50.0 Å². The Morgan fingerprint density at radius 1 is 1.35 bits per heavy atom. The van der Waals surface area contributed by atoms with Crippen LogP contribution in [-0.2, 0) is 14.8 Å². The Morgan fingerprint density at radius 3 is 2.52 bits per heavy atom. The third-order valence-corrected chi connectivity index (χ3v) is 6.12. The van der Waals surface area contributed by atoms with Crippen LogP contribution in [0.3, 0.4) is 0 Å². The third kappa shape index (κ3) is 5.56. The van der Waals surface area contributed by atoms with Crippen molar-refractivity contribution in [3.63, 3.8) is 0 Å². The highest BCUT2D eigenvalue weighted by Gasteiger charge is 2.30. The van der Waals surface area contributed by atoms with Gasteiger partial charge >= 0.3 is 0 Å². The van der Waals surface area contributed by atoms with Crippen LogP contribution in [-0.4, -0.2) is 51.7 Å². The molecule has 1 saturated heterocycles. The van der Waals surface area contributed by atoms with Gasteiger partial charge in [-0.05, 0) is 32.0 Å². The Hall–Kier alpha value is 0.110. The van der Waals surface area contributed by atoms with Gasteiger partial charge in [-0.25, -0.2) is 13.1 Å². The summed E-state index contributed by atoms with van der Waals surface area (Å²) in [6.07, 6.45) is 0. The van der Waals surface area contributed by atoms with Gasteiger partial charge in [-0.2, -0.15) is 0 Å². The van der Waals surface area contributed by atoms with Gasteiger partial charge in [0.1, 0.15) is 4.90 Å². The summed E-state index contributed by atoms with van der Waals surface area (Å²) in [6.45, 7) is 7.29. The fourth-order valence-corrected chi connectivity index (χ4v) is 4.56. The molecule has 1 heterocycles. The molecule has 23 heavy (non-hydrogen) atoms. The minimum atomic E-state index is -3.64. The zero-order valence-electron chi connectivity index (χ0n) is 13.0. The number of hydrogen-bond donors (Lipinski definition) is 1. The second-order valence-corrected chi connectivity index (χ2v) is 8.87. The molecule has 1 N–H and O–H groups in total. The first-order chi connectivity index (χ1) is 10.2. The molecule has 0 aromatic heterocycles. The normalized spacial score (nSPS) is 16.9. The monoisotopic (exact) mass is 446 g/mol. The Kier molecular flexibility index (Phi) is 7.79. The van der Waals surface area contributed by atoms with Crippen molar-refractivity contribution in [1.29, 1.82) is 0 Å². The molecular weight excluding hydrogens is 427 g/mol. The van der Waals surface area contributed by atoms with Gasteiger partial charge in [-0.15, -0.1) is 12.4 Å². The standard InChI is InChI=1S/C14H20BrClN2O3S.ClH/c1-14(2,18-5-7-21-8-6-18)10-17-22(19,20)13-4-3-11(15)9-12(13)16;/h3-4,9,17H,5-8,10H2,1-2H3;1H. The lowest BCUT2D eigenvalue weighted by molar-refractivity contribution is -0.00803. The molecule has 1 aromatic rings. The van der Waals surface area contributed by atoms with Crippen LogP contribution >= 0.6 is 39.9 Å². The van der Waals surface area contributed by atoms with Gasteiger partial charge in [0.05, 0.1) is 18.2 Å². The van der Waals surface area contributed by atoms with Crippen molar-refractivity contribution in [2.75, 3.05) is 32.8 Å². The van der Waals surface area contributed by atoms with E-state index in [4.69, 9.17) is 16.3 Å². The molecule has 0 saturated carbocycles. The number of morpholine rings is 1. The van der Waals surface area contributed by atoms with E-state index in [0.717, 1.165) is 17.6 Å². The molecule has 0 amide bonds. The quantitative estimate of drug-likeness (QED) is 0.753. The summed E-state index contributed by atoms with van der Waals surface area (Å²) in [7, 11) is -3.64. The molecule has 0 bridgehead atoms. The summed E-state index contributed by atoms with van der Waals surface area (Å²) >= 11 is 9.30. The highest BCUT2D eigenvalue weighted by molar-refractivity contribution is 9.10. The van der Waals surface area contributed by atoms with E-state index < -0.39 is 10.0 Å². The lowest BCUT2D eigenvalue weighted by Crippen LogP contribution is -2.55. The van der Waals surface area contributed by atoms with E-state index in [2.05, 4.69) is 25.6 Å². The van der Waals surface area contributed by atoms with Gasteiger partial charge in [0, 0.05) is 29.6 Å². The molecule has 0 atom stereocenters. The first kappa shape index (κ1) is 21.2.